The summed E-state index contributed by atoms with van der Waals surface area (Å²) in [5.41, 5.74) is 0.809. The molecule has 1 fully saturated rings. The SMILES string of the molecule is CC(NC1CCC(=O)NC1)c1ccc(F)cn1. The Morgan fingerprint density at radius 2 is 2.41 bits per heavy atom. The van der Waals surface area contributed by atoms with E-state index in [1.807, 2.05) is 6.92 Å². The standard InChI is InChI=1S/C12H16FN3O/c1-8(11-4-2-9(13)6-14-11)16-10-3-5-12(17)15-7-10/h2,4,6,8,10,16H,3,5,7H2,1H3,(H,15,17). The number of piperidine rings is 1. The highest BCUT2D eigenvalue weighted by molar-refractivity contribution is 5.76. The summed E-state index contributed by atoms with van der Waals surface area (Å²) in [4.78, 5) is 15.0. The van der Waals surface area contributed by atoms with Gasteiger partial charge in [-0.05, 0) is 25.5 Å². The van der Waals surface area contributed by atoms with Crippen LogP contribution in [0.2, 0.25) is 0 Å². The third kappa shape index (κ3) is 3.23. The molecule has 0 aromatic carbocycles. The van der Waals surface area contributed by atoms with Crippen molar-refractivity contribution in [3.8, 4) is 0 Å². The molecule has 1 saturated heterocycles. The van der Waals surface area contributed by atoms with Crippen molar-refractivity contribution in [3.63, 3.8) is 0 Å². The molecule has 2 rings (SSSR count). The van der Waals surface area contributed by atoms with Crippen molar-refractivity contribution in [1.29, 1.82) is 0 Å². The minimum absolute atomic E-state index is 0.0515. The van der Waals surface area contributed by atoms with E-state index in [9.17, 15) is 9.18 Å². The van der Waals surface area contributed by atoms with Crippen LogP contribution in [0.1, 0.15) is 31.5 Å². The summed E-state index contributed by atoms with van der Waals surface area (Å²) in [5.74, 6) is -0.221. The van der Waals surface area contributed by atoms with E-state index in [1.165, 1.54) is 12.3 Å². The van der Waals surface area contributed by atoms with Gasteiger partial charge in [-0.3, -0.25) is 9.78 Å². The summed E-state index contributed by atoms with van der Waals surface area (Å²) in [6.07, 6.45) is 2.61. The summed E-state index contributed by atoms with van der Waals surface area (Å²) in [7, 11) is 0. The molecule has 1 aromatic heterocycles. The number of carbonyl (C=O) groups is 1. The molecule has 5 heteroatoms. The maximum Gasteiger partial charge on any atom is 0.220 e. The third-order valence-electron chi connectivity index (χ3n) is 2.95. The Bertz CT molecular complexity index is 383. The van der Waals surface area contributed by atoms with Crippen molar-refractivity contribution >= 4 is 5.91 Å². The smallest absolute Gasteiger partial charge is 0.220 e. The van der Waals surface area contributed by atoms with Crippen molar-refractivity contribution in [2.24, 2.45) is 0 Å². The first-order valence-corrected chi connectivity index (χ1v) is 5.79. The third-order valence-corrected chi connectivity index (χ3v) is 2.95. The molecule has 2 N–H and O–H groups in total. The predicted molar refractivity (Wildman–Crippen MR) is 61.8 cm³/mol. The minimum Gasteiger partial charge on any atom is -0.355 e. The van der Waals surface area contributed by atoms with Crippen molar-refractivity contribution in [3.05, 3.63) is 29.8 Å². The summed E-state index contributed by atoms with van der Waals surface area (Å²) in [6.45, 7) is 2.63. The molecule has 1 aliphatic rings. The van der Waals surface area contributed by atoms with E-state index >= 15 is 0 Å². The van der Waals surface area contributed by atoms with Crippen LogP contribution in [0.4, 0.5) is 4.39 Å². The van der Waals surface area contributed by atoms with Gasteiger partial charge in [0.15, 0.2) is 0 Å². The zero-order valence-electron chi connectivity index (χ0n) is 9.74. The first-order valence-electron chi connectivity index (χ1n) is 5.79. The number of aromatic nitrogens is 1. The predicted octanol–water partition coefficient (Wildman–Crippen LogP) is 1.15. The first kappa shape index (κ1) is 12.0. The van der Waals surface area contributed by atoms with Gasteiger partial charge in [-0.1, -0.05) is 0 Å². The number of carbonyl (C=O) groups excluding carboxylic acids is 1. The molecular weight excluding hydrogens is 221 g/mol. The number of halogens is 1. The van der Waals surface area contributed by atoms with Crippen LogP contribution in [0, 0.1) is 5.82 Å². The van der Waals surface area contributed by atoms with E-state index in [2.05, 4.69) is 15.6 Å². The molecule has 0 saturated carbocycles. The normalized spacial score (nSPS) is 22.0. The number of pyridine rings is 1. The van der Waals surface area contributed by atoms with Gasteiger partial charge in [0.25, 0.3) is 0 Å². The molecule has 0 radical (unpaired) electrons. The van der Waals surface area contributed by atoms with Gasteiger partial charge in [-0.2, -0.15) is 0 Å². The number of hydrogen-bond donors (Lipinski definition) is 2. The molecule has 1 aliphatic heterocycles. The number of rotatable bonds is 3. The van der Waals surface area contributed by atoms with Gasteiger partial charge in [0.2, 0.25) is 5.91 Å². The number of nitrogens with one attached hydrogen (secondary N) is 2. The maximum absolute atomic E-state index is 12.7. The van der Waals surface area contributed by atoms with Crippen molar-refractivity contribution in [2.45, 2.75) is 31.8 Å². The first-order chi connectivity index (χ1) is 8.15. The van der Waals surface area contributed by atoms with Crippen molar-refractivity contribution in [2.75, 3.05) is 6.54 Å². The van der Waals surface area contributed by atoms with Gasteiger partial charge in [-0.25, -0.2) is 4.39 Å². The Hall–Kier alpha value is -1.49. The van der Waals surface area contributed by atoms with Gasteiger partial charge in [-0.15, -0.1) is 0 Å². The van der Waals surface area contributed by atoms with Crippen LogP contribution in [-0.4, -0.2) is 23.5 Å². The zero-order valence-corrected chi connectivity index (χ0v) is 9.74. The fourth-order valence-electron chi connectivity index (χ4n) is 1.96. The van der Waals surface area contributed by atoms with Crippen LogP contribution in [0.3, 0.4) is 0 Å². The molecule has 0 spiro atoms. The van der Waals surface area contributed by atoms with Gasteiger partial charge in [0, 0.05) is 25.0 Å². The molecule has 1 amide bonds. The zero-order chi connectivity index (χ0) is 12.3. The highest BCUT2D eigenvalue weighted by Crippen LogP contribution is 2.13. The second-order valence-corrected chi connectivity index (χ2v) is 4.33. The lowest BCUT2D eigenvalue weighted by Gasteiger charge is -2.26. The average Bonchev–Trinajstić information content (AvgIpc) is 2.33. The molecule has 17 heavy (non-hydrogen) atoms. The Kier molecular flexibility index (Phi) is 3.68. The molecule has 4 nitrogen and oxygen atoms in total. The quantitative estimate of drug-likeness (QED) is 0.829. The summed E-state index contributed by atoms with van der Waals surface area (Å²) in [6, 6.07) is 3.39. The van der Waals surface area contributed by atoms with Crippen LogP contribution < -0.4 is 10.6 Å². The van der Waals surface area contributed by atoms with Crippen LogP contribution in [0.15, 0.2) is 18.3 Å². The molecule has 2 unspecified atom stereocenters. The van der Waals surface area contributed by atoms with Crippen LogP contribution in [0.25, 0.3) is 0 Å². The summed E-state index contributed by atoms with van der Waals surface area (Å²) < 4.78 is 12.7. The van der Waals surface area contributed by atoms with E-state index in [4.69, 9.17) is 0 Å². The maximum atomic E-state index is 12.7. The summed E-state index contributed by atoms with van der Waals surface area (Å²) in [5, 5.41) is 6.19. The highest BCUT2D eigenvalue weighted by Gasteiger charge is 2.20. The molecule has 2 atom stereocenters. The summed E-state index contributed by atoms with van der Waals surface area (Å²) >= 11 is 0. The van der Waals surface area contributed by atoms with Crippen LogP contribution >= 0.6 is 0 Å². The fourth-order valence-corrected chi connectivity index (χ4v) is 1.96. The van der Waals surface area contributed by atoms with Crippen LogP contribution in [0.5, 0.6) is 0 Å². The molecule has 2 heterocycles. The van der Waals surface area contributed by atoms with Gasteiger partial charge >= 0.3 is 0 Å². The number of nitrogens with zero attached hydrogens (tertiary/aromatic N) is 1. The second kappa shape index (κ2) is 5.23. The highest BCUT2D eigenvalue weighted by atomic mass is 19.1. The molecular formula is C12H16FN3O. The second-order valence-electron chi connectivity index (χ2n) is 4.33. The molecule has 1 aromatic rings. The van der Waals surface area contributed by atoms with Crippen molar-refractivity contribution < 1.29 is 9.18 Å². The molecule has 92 valence electrons. The largest absolute Gasteiger partial charge is 0.355 e. The monoisotopic (exact) mass is 237 g/mol. The molecule has 0 bridgehead atoms. The van der Waals surface area contributed by atoms with E-state index in [0.717, 1.165) is 12.1 Å². The number of hydrogen-bond acceptors (Lipinski definition) is 3. The van der Waals surface area contributed by atoms with Gasteiger partial charge in [0.05, 0.1) is 11.9 Å². The van der Waals surface area contributed by atoms with E-state index in [1.54, 1.807) is 6.07 Å². The molecule has 0 aliphatic carbocycles. The number of amides is 1. The Morgan fingerprint density at radius 1 is 1.59 bits per heavy atom. The fraction of sp³-hybridized carbons (Fsp3) is 0.500. The lowest BCUT2D eigenvalue weighted by molar-refractivity contribution is -0.122. The van der Waals surface area contributed by atoms with Gasteiger partial charge < -0.3 is 10.6 Å². The van der Waals surface area contributed by atoms with E-state index in [0.29, 0.717) is 13.0 Å². The van der Waals surface area contributed by atoms with E-state index in [-0.39, 0.29) is 23.8 Å². The topological polar surface area (TPSA) is 54.0 Å². The van der Waals surface area contributed by atoms with Crippen molar-refractivity contribution in [1.82, 2.24) is 15.6 Å². The Morgan fingerprint density at radius 3 is 3.00 bits per heavy atom. The van der Waals surface area contributed by atoms with Gasteiger partial charge in [0.1, 0.15) is 5.82 Å². The minimum atomic E-state index is -0.328. The Balaban J connectivity index is 1.90. The lowest BCUT2D eigenvalue weighted by atomic mass is 10.1. The lowest BCUT2D eigenvalue weighted by Crippen LogP contribution is -2.46. The van der Waals surface area contributed by atoms with Crippen LogP contribution in [-0.2, 0) is 4.79 Å². The average molecular weight is 237 g/mol. The Labute approximate surface area is 99.6 Å². The van der Waals surface area contributed by atoms with E-state index < -0.39 is 0 Å².